The summed E-state index contributed by atoms with van der Waals surface area (Å²) in [7, 11) is 0. The second-order valence-electron chi connectivity index (χ2n) is 6.17. The average Bonchev–Trinajstić information content (AvgIpc) is 2.68. The number of ether oxygens (including phenoxy) is 1. The minimum Gasteiger partial charge on any atom is -0.381 e. The average molecular weight is 251 g/mol. The molecule has 18 heavy (non-hydrogen) atoms. The number of aryl methyl sites for hydroxylation is 1. The van der Waals surface area contributed by atoms with Crippen LogP contribution in [0, 0.1) is 6.92 Å². The third kappa shape index (κ3) is 3.56. The summed E-state index contributed by atoms with van der Waals surface area (Å²) in [6.45, 7) is 11.3. The Bertz CT molecular complexity index is 386. The SMILES string of the molecule is Cc1nn(C2CCOCC2)cc1CNC(C)(C)C. The molecule has 102 valence electrons. The van der Waals surface area contributed by atoms with Crippen LogP contribution in [0.1, 0.15) is 50.9 Å². The third-order valence-electron chi connectivity index (χ3n) is 3.39. The highest BCUT2D eigenvalue weighted by Crippen LogP contribution is 2.21. The zero-order valence-electron chi connectivity index (χ0n) is 12.0. The first kappa shape index (κ1) is 13.6. The topological polar surface area (TPSA) is 39.1 Å². The summed E-state index contributed by atoms with van der Waals surface area (Å²) < 4.78 is 7.53. The molecule has 0 aromatic carbocycles. The van der Waals surface area contributed by atoms with Crippen LogP contribution >= 0.6 is 0 Å². The summed E-state index contributed by atoms with van der Waals surface area (Å²) in [5, 5.41) is 8.17. The van der Waals surface area contributed by atoms with Gasteiger partial charge >= 0.3 is 0 Å². The van der Waals surface area contributed by atoms with Crippen LogP contribution in [-0.2, 0) is 11.3 Å². The molecule has 1 N–H and O–H groups in total. The summed E-state index contributed by atoms with van der Waals surface area (Å²) in [4.78, 5) is 0. The van der Waals surface area contributed by atoms with Gasteiger partial charge in [0.2, 0.25) is 0 Å². The van der Waals surface area contributed by atoms with Gasteiger partial charge in [0.05, 0.1) is 11.7 Å². The standard InChI is InChI=1S/C14H25N3O/c1-11-12(9-15-14(2,3)4)10-17(16-11)13-5-7-18-8-6-13/h10,13,15H,5-9H2,1-4H3. The van der Waals surface area contributed by atoms with Crippen molar-refractivity contribution in [2.24, 2.45) is 0 Å². The maximum atomic E-state index is 5.40. The van der Waals surface area contributed by atoms with Crippen LogP contribution in [0.2, 0.25) is 0 Å². The van der Waals surface area contributed by atoms with Gasteiger partial charge in [-0.1, -0.05) is 0 Å². The molecule has 1 fully saturated rings. The Morgan fingerprint density at radius 1 is 1.39 bits per heavy atom. The van der Waals surface area contributed by atoms with Crippen LogP contribution in [0.5, 0.6) is 0 Å². The largest absolute Gasteiger partial charge is 0.381 e. The molecule has 0 amide bonds. The molecule has 0 spiro atoms. The lowest BCUT2D eigenvalue weighted by molar-refractivity contribution is 0.0661. The Morgan fingerprint density at radius 2 is 2.06 bits per heavy atom. The van der Waals surface area contributed by atoms with Crippen molar-refractivity contribution in [2.75, 3.05) is 13.2 Å². The van der Waals surface area contributed by atoms with Crippen molar-refractivity contribution < 1.29 is 4.74 Å². The van der Waals surface area contributed by atoms with E-state index in [2.05, 4.69) is 49.0 Å². The lowest BCUT2D eigenvalue weighted by atomic mass is 10.1. The van der Waals surface area contributed by atoms with Crippen molar-refractivity contribution in [1.82, 2.24) is 15.1 Å². The van der Waals surface area contributed by atoms with E-state index in [1.165, 1.54) is 5.56 Å². The number of rotatable bonds is 3. The van der Waals surface area contributed by atoms with Gasteiger partial charge in [0.25, 0.3) is 0 Å². The first-order chi connectivity index (χ1) is 8.46. The molecule has 0 unspecified atom stereocenters. The van der Waals surface area contributed by atoms with Crippen LogP contribution in [0.15, 0.2) is 6.20 Å². The maximum Gasteiger partial charge on any atom is 0.0638 e. The summed E-state index contributed by atoms with van der Waals surface area (Å²) in [5.74, 6) is 0. The molecule has 1 aliphatic heterocycles. The maximum absolute atomic E-state index is 5.40. The lowest BCUT2D eigenvalue weighted by Crippen LogP contribution is -2.35. The fraction of sp³-hybridized carbons (Fsp3) is 0.786. The van der Waals surface area contributed by atoms with E-state index in [-0.39, 0.29) is 5.54 Å². The molecule has 1 aliphatic rings. The molecule has 1 aromatic rings. The third-order valence-corrected chi connectivity index (χ3v) is 3.39. The number of nitrogens with zero attached hydrogens (tertiary/aromatic N) is 2. The van der Waals surface area contributed by atoms with E-state index in [1.54, 1.807) is 0 Å². The molecule has 4 heteroatoms. The van der Waals surface area contributed by atoms with Crippen LogP contribution in [-0.4, -0.2) is 28.5 Å². The highest BCUT2D eigenvalue weighted by molar-refractivity contribution is 5.16. The predicted molar refractivity (Wildman–Crippen MR) is 72.6 cm³/mol. The van der Waals surface area contributed by atoms with Crippen molar-refractivity contribution in [2.45, 2.75) is 58.7 Å². The monoisotopic (exact) mass is 251 g/mol. The predicted octanol–water partition coefficient (Wildman–Crippen LogP) is 2.43. The van der Waals surface area contributed by atoms with Crippen LogP contribution < -0.4 is 5.32 Å². The second kappa shape index (κ2) is 5.41. The Hall–Kier alpha value is -0.870. The van der Waals surface area contributed by atoms with Gasteiger partial charge in [-0.3, -0.25) is 4.68 Å². The van der Waals surface area contributed by atoms with E-state index in [0.717, 1.165) is 38.3 Å². The van der Waals surface area contributed by atoms with Crippen molar-refractivity contribution >= 4 is 0 Å². The molecular weight excluding hydrogens is 226 g/mol. The van der Waals surface area contributed by atoms with Crippen molar-refractivity contribution in [1.29, 1.82) is 0 Å². The molecule has 0 bridgehead atoms. The van der Waals surface area contributed by atoms with E-state index >= 15 is 0 Å². The summed E-state index contributed by atoms with van der Waals surface area (Å²) >= 11 is 0. The molecule has 0 saturated carbocycles. The minimum atomic E-state index is 0.146. The summed E-state index contributed by atoms with van der Waals surface area (Å²) in [6.07, 6.45) is 4.35. The first-order valence-corrected chi connectivity index (χ1v) is 6.83. The first-order valence-electron chi connectivity index (χ1n) is 6.83. The Balaban J connectivity index is 2.02. The lowest BCUT2D eigenvalue weighted by Gasteiger charge is -2.22. The zero-order chi connectivity index (χ0) is 13.2. The minimum absolute atomic E-state index is 0.146. The Morgan fingerprint density at radius 3 is 2.67 bits per heavy atom. The highest BCUT2D eigenvalue weighted by Gasteiger charge is 2.18. The number of hydrogen-bond donors (Lipinski definition) is 1. The van der Waals surface area contributed by atoms with Gasteiger partial charge in [0.1, 0.15) is 0 Å². The molecule has 0 aliphatic carbocycles. The van der Waals surface area contributed by atoms with Crippen LogP contribution in [0.3, 0.4) is 0 Å². The van der Waals surface area contributed by atoms with Gasteiger partial charge in [0.15, 0.2) is 0 Å². The van der Waals surface area contributed by atoms with Gasteiger partial charge in [-0.2, -0.15) is 5.10 Å². The zero-order valence-corrected chi connectivity index (χ0v) is 12.0. The molecular formula is C14H25N3O. The Labute approximate surface area is 110 Å². The van der Waals surface area contributed by atoms with E-state index < -0.39 is 0 Å². The molecule has 0 radical (unpaired) electrons. The van der Waals surface area contributed by atoms with E-state index in [1.807, 2.05) is 0 Å². The van der Waals surface area contributed by atoms with Crippen molar-refractivity contribution in [3.63, 3.8) is 0 Å². The molecule has 2 rings (SSSR count). The van der Waals surface area contributed by atoms with Gasteiger partial charge in [-0.15, -0.1) is 0 Å². The molecule has 1 aromatic heterocycles. The van der Waals surface area contributed by atoms with Crippen LogP contribution in [0.25, 0.3) is 0 Å². The molecule has 0 atom stereocenters. The fourth-order valence-corrected chi connectivity index (χ4v) is 2.19. The molecule has 4 nitrogen and oxygen atoms in total. The van der Waals surface area contributed by atoms with Crippen molar-refractivity contribution in [3.05, 3.63) is 17.5 Å². The van der Waals surface area contributed by atoms with E-state index in [9.17, 15) is 0 Å². The van der Waals surface area contributed by atoms with Gasteiger partial charge < -0.3 is 10.1 Å². The quantitative estimate of drug-likeness (QED) is 0.896. The van der Waals surface area contributed by atoms with E-state index in [4.69, 9.17) is 4.74 Å². The normalized spacial score (nSPS) is 18.2. The summed E-state index contributed by atoms with van der Waals surface area (Å²) in [5.41, 5.74) is 2.59. The van der Waals surface area contributed by atoms with Gasteiger partial charge in [-0.25, -0.2) is 0 Å². The van der Waals surface area contributed by atoms with Gasteiger partial charge in [-0.05, 0) is 40.5 Å². The van der Waals surface area contributed by atoms with E-state index in [0.29, 0.717) is 6.04 Å². The smallest absolute Gasteiger partial charge is 0.0638 e. The number of hydrogen-bond acceptors (Lipinski definition) is 3. The second-order valence-corrected chi connectivity index (χ2v) is 6.17. The molecule has 1 saturated heterocycles. The number of nitrogens with one attached hydrogen (secondary N) is 1. The fourth-order valence-electron chi connectivity index (χ4n) is 2.19. The van der Waals surface area contributed by atoms with Gasteiger partial charge in [0, 0.05) is 37.1 Å². The highest BCUT2D eigenvalue weighted by atomic mass is 16.5. The number of aromatic nitrogens is 2. The summed E-state index contributed by atoms with van der Waals surface area (Å²) in [6, 6.07) is 0.515. The molecule has 2 heterocycles. The van der Waals surface area contributed by atoms with Crippen molar-refractivity contribution in [3.8, 4) is 0 Å². The van der Waals surface area contributed by atoms with Crippen LogP contribution in [0.4, 0.5) is 0 Å². The Kier molecular flexibility index (Phi) is 4.07.